The molecule has 13 nitrogen and oxygen atoms in total. The quantitative estimate of drug-likeness (QED) is 0.149. The summed E-state index contributed by atoms with van der Waals surface area (Å²) in [6.45, 7) is 0.970. The Hall–Kier alpha value is -6.39. The second kappa shape index (κ2) is 13.7. The van der Waals surface area contributed by atoms with Gasteiger partial charge in [-0.3, -0.25) is 24.3 Å². The summed E-state index contributed by atoms with van der Waals surface area (Å²) >= 11 is 0. The Balaban J connectivity index is 1.16. The third-order valence-corrected chi connectivity index (χ3v) is 10.3. The Morgan fingerprint density at radius 2 is 1.77 bits per heavy atom. The zero-order chi connectivity index (χ0) is 39.5. The van der Waals surface area contributed by atoms with Crippen LogP contribution in [0, 0.1) is 5.92 Å². The molecule has 0 bridgehead atoms. The van der Waals surface area contributed by atoms with Crippen molar-refractivity contribution in [1.29, 1.82) is 0 Å². The van der Waals surface area contributed by atoms with E-state index in [0.29, 0.717) is 39.3 Å². The van der Waals surface area contributed by atoms with Crippen LogP contribution >= 0.6 is 0 Å². The van der Waals surface area contributed by atoms with Crippen LogP contribution in [0.3, 0.4) is 0 Å². The van der Waals surface area contributed by atoms with E-state index in [4.69, 9.17) is 14.5 Å². The molecular weight excluding hydrogens is 735 g/mol. The number of nitrogens with one attached hydrogen (secondary N) is 1. The van der Waals surface area contributed by atoms with Crippen molar-refractivity contribution in [3.8, 4) is 11.4 Å². The summed E-state index contributed by atoms with van der Waals surface area (Å²) in [6, 6.07) is 18.5. The Morgan fingerprint density at radius 3 is 2.48 bits per heavy atom. The van der Waals surface area contributed by atoms with Gasteiger partial charge in [-0.25, -0.2) is 9.78 Å². The highest BCUT2D eigenvalue weighted by Crippen LogP contribution is 2.49. The molecule has 16 heteroatoms. The van der Waals surface area contributed by atoms with E-state index in [2.05, 4.69) is 10.3 Å². The van der Waals surface area contributed by atoms with Crippen molar-refractivity contribution < 1.29 is 47.2 Å². The number of aromatic nitrogens is 2. The van der Waals surface area contributed by atoms with Gasteiger partial charge >= 0.3 is 24.1 Å². The highest BCUT2D eigenvalue weighted by atomic mass is 19.4. The second-order valence-corrected chi connectivity index (χ2v) is 13.5. The Kier molecular flexibility index (Phi) is 8.96. The van der Waals surface area contributed by atoms with E-state index < -0.39 is 53.5 Å². The number of ether oxygens (including phenoxy) is 2. The Labute approximate surface area is 315 Å². The number of aliphatic hydroxyl groups excluding tert-OH is 1. The lowest BCUT2D eigenvalue weighted by molar-refractivity contribution is -0.282. The zero-order valence-corrected chi connectivity index (χ0v) is 29.5. The number of pyridine rings is 2. The molecular formula is C40H32F3N5O8. The predicted octanol–water partition coefficient (Wildman–Crippen LogP) is 5.36. The number of amides is 2. The topological polar surface area (TPSA) is 173 Å². The van der Waals surface area contributed by atoms with Crippen molar-refractivity contribution >= 4 is 46.5 Å². The molecule has 1 fully saturated rings. The monoisotopic (exact) mass is 767 g/mol. The fourth-order valence-corrected chi connectivity index (χ4v) is 7.65. The fourth-order valence-electron chi connectivity index (χ4n) is 7.65. The number of alkyl halides is 3. The molecule has 5 aromatic rings. The van der Waals surface area contributed by atoms with Crippen LogP contribution in [0.25, 0.3) is 22.3 Å². The molecule has 3 aromatic carbocycles. The van der Waals surface area contributed by atoms with E-state index in [1.165, 1.54) is 66.1 Å². The first kappa shape index (κ1) is 36.6. The highest BCUT2D eigenvalue weighted by Gasteiger charge is 2.71. The number of hydrogen-bond donors (Lipinski definition) is 3. The first-order valence-corrected chi connectivity index (χ1v) is 17.6. The molecule has 286 valence electrons. The number of nitrogens with zero attached hydrogens (tertiary/aromatic N) is 4. The van der Waals surface area contributed by atoms with Crippen LogP contribution in [0.2, 0.25) is 0 Å². The maximum atomic E-state index is 15.0. The number of cyclic esters (lactones) is 1. The minimum absolute atomic E-state index is 0.0726. The smallest absolute Gasteiger partial charge is 0.438 e. The van der Waals surface area contributed by atoms with Gasteiger partial charge in [0.15, 0.2) is 0 Å². The number of fused-ring (bicyclic) bond motifs is 5. The molecule has 0 saturated carbocycles. The number of para-hydroxylation sites is 2. The number of carbonyl (C=O) groups excluding carboxylic acids is 3. The van der Waals surface area contributed by atoms with Crippen LogP contribution < -0.4 is 15.8 Å². The normalized spacial score (nSPS) is 21.9. The van der Waals surface area contributed by atoms with Gasteiger partial charge in [-0.2, -0.15) is 13.2 Å². The van der Waals surface area contributed by atoms with Crippen molar-refractivity contribution in [3.63, 3.8) is 0 Å². The Bertz CT molecular complexity index is 2510. The van der Waals surface area contributed by atoms with Crippen LogP contribution in [0.4, 0.5) is 29.3 Å². The van der Waals surface area contributed by atoms with Crippen LogP contribution in [-0.4, -0.2) is 62.5 Å². The molecule has 1 saturated heterocycles. The molecule has 56 heavy (non-hydrogen) atoms. The van der Waals surface area contributed by atoms with Gasteiger partial charge in [0.25, 0.3) is 11.3 Å². The van der Waals surface area contributed by atoms with Crippen LogP contribution in [-0.2, 0) is 32.2 Å². The molecule has 3 aliphatic rings. The maximum absolute atomic E-state index is 15.0. The van der Waals surface area contributed by atoms with Crippen molar-refractivity contribution in [2.75, 3.05) is 11.5 Å². The number of carbonyl (C=O) groups is 3. The molecule has 2 aromatic heterocycles. The van der Waals surface area contributed by atoms with Gasteiger partial charge in [0.05, 0.1) is 59.9 Å². The molecule has 0 aliphatic carbocycles. The van der Waals surface area contributed by atoms with Crippen molar-refractivity contribution in [2.45, 2.75) is 50.5 Å². The molecule has 2 amide bonds. The van der Waals surface area contributed by atoms with Gasteiger partial charge < -0.3 is 29.6 Å². The molecule has 3 aliphatic heterocycles. The fraction of sp³-hybridized carbons (Fsp3) is 0.250. The number of anilines is 1. The number of rotatable bonds is 6. The van der Waals surface area contributed by atoms with Gasteiger partial charge in [0.2, 0.25) is 0 Å². The number of aliphatic imine (C=N–C) groups is 1. The number of urea groups is 1. The van der Waals surface area contributed by atoms with E-state index in [-0.39, 0.29) is 47.9 Å². The number of halogens is 3. The third-order valence-electron chi connectivity index (χ3n) is 10.3. The van der Waals surface area contributed by atoms with Gasteiger partial charge in [-0.1, -0.05) is 48.5 Å². The largest absolute Gasteiger partial charge is 0.466 e. The van der Waals surface area contributed by atoms with Gasteiger partial charge in [-0.15, -0.1) is 0 Å². The number of benzene rings is 3. The molecule has 3 N–H and O–H groups in total. The number of esters is 2. The highest BCUT2D eigenvalue weighted by molar-refractivity contribution is 6.03. The second-order valence-electron chi connectivity index (χ2n) is 13.5. The first-order valence-electron chi connectivity index (χ1n) is 17.6. The average Bonchev–Trinajstić information content (AvgIpc) is 3.47. The summed E-state index contributed by atoms with van der Waals surface area (Å²) in [5, 5.41) is 25.5. The van der Waals surface area contributed by atoms with E-state index in [0.717, 1.165) is 5.39 Å². The first-order chi connectivity index (χ1) is 26.8. The predicted molar refractivity (Wildman–Crippen MR) is 195 cm³/mol. The number of hydrogen-bond acceptors (Lipinski definition) is 10. The third kappa shape index (κ3) is 5.88. The van der Waals surface area contributed by atoms with E-state index in [1.54, 1.807) is 24.4 Å². The summed E-state index contributed by atoms with van der Waals surface area (Å²) in [6.07, 6.45) is -5.44. The lowest BCUT2D eigenvalue weighted by Crippen LogP contribution is -2.74. The van der Waals surface area contributed by atoms with E-state index in [1.807, 2.05) is 12.1 Å². The summed E-state index contributed by atoms with van der Waals surface area (Å²) in [4.78, 5) is 62.1. The average molecular weight is 768 g/mol. The van der Waals surface area contributed by atoms with E-state index >= 15 is 0 Å². The number of aliphatic hydroxyl groups is 2. The molecule has 4 atom stereocenters. The SMILES string of the molecule is CCOC(=O)C1C(c2ccc(N=Cc3c4c(nc5ccccc35)-c3cc5c(c(=O)n3C4)COC(=O)CC5O)cc2)NC(=O)N(c2ccccc2)C1(O)C(F)(F)F. The van der Waals surface area contributed by atoms with Gasteiger partial charge in [0, 0.05) is 28.4 Å². The van der Waals surface area contributed by atoms with Crippen LogP contribution in [0.5, 0.6) is 0 Å². The van der Waals surface area contributed by atoms with E-state index in [9.17, 15) is 42.6 Å². The molecule has 4 unspecified atom stereocenters. The van der Waals surface area contributed by atoms with Crippen LogP contribution in [0.15, 0.2) is 94.7 Å². The van der Waals surface area contributed by atoms with Crippen molar-refractivity contribution in [2.24, 2.45) is 10.9 Å². The van der Waals surface area contributed by atoms with Gasteiger partial charge in [-0.05, 0) is 54.4 Å². The molecule has 5 heterocycles. The lowest BCUT2D eigenvalue weighted by atomic mass is 9.80. The van der Waals surface area contributed by atoms with Crippen LogP contribution in [0.1, 0.15) is 53.3 Å². The minimum Gasteiger partial charge on any atom is -0.466 e. The van der Waals surface area contributed by atoms with Crippen molar-refractivity contribution in [1.82, 2.24) is 14.9 Å². The minimum atomic E-state index is -5.50. The standard InChI is InChI=1S/C40H32F3N5O8/c1-2-55-37(52)33-34(46-38(53)48(23-8-4-3-5-9-23)39(33,54)40(41,42)43)21-12-14-22(15-13-21)44-18-26-24-10-6-7-11-29(24)45-35-27(26)19-47-30(35)16-25-28(36(47)51)20-56-32(50)17-31(25)49/h3-16,18,31,33-34,49,54H,2,17,19-20H2,1H3,(H,46,53). The zero-order valence-electron chi connectivity index (χ0n) is 29.5. The molecule has 0 spiro atoms. The maximum Gasteiger partial charge on any atom is 0.438 e. The molecule has 8 rings (SSSR count). The summed E-state index contributed by atoms with van der Waals surface area (Å²) in [7, 11) is 0. The van der Waals surface area contributed by atoms with Gasteiger partial charge in [0.1, 0.15) is 12.5 Å². The molecule has 0 radical (unpaired) electrons. The Morgan fingerprint density at radius 1 is 1.05 bits per heavy atom. The van der Waals surface area contributed by atoms with Crippen molar-refractivity contribution in [3.05, 3.63) is 123 Å². The summed E-state index contributed by atoms with van der Waals surface area (Å²) in [5.74, 6) is -4.33. The lowest BCUT2D eigenvalue weighted by Gasteiger charge is -2.50. The summed E-state index contributed by atoms with van der Waals surface area (Å²) < 4.78 is 56.7. The summed E-state index contributed by atoms with van der Waals surface area (Å²) in [5.41, 5.74) is -0.959.